The van der Waals surface area contributed by atoms with Crippen LogP contribution in [-0.2, 0) is 9.53 Å². The molecule has 1 aromatic rings. The normalized spacial score (nSPS) is 13.9. The molecule has 1 atom stereocenters. The molecular formula is C13H21N3O2S. The molecule has 1 unspecified atom stereocenters. The Kier molecular flexibility index (Phi) is 5.75. The smallest absolute Gasteiger partial charge is 0.325 e. The van der Waals surface area contributed by atoms with Crippen LogP contribution in [-0.4, -0.2) is 33.8 Å². The van der Waals surface area contributed by atoms with E-state index >= 15 is 0 Å². The van der Waals surface area contributed by atoms with Gasteiger partial charge in [0.05, 0.1) is 6.61 Å². The number of carbonyl (C=O) groups excluding carboxylic acids is 1. The first kappa shape index (κ1) is 15.9. The minimum absolute atomic E-state index is 0.346. The molecule has 0 fully saturated rings. The lowest BCUT2D eigenvalue weighted by molar-refractivity contribution is -0.149. The van der Waals surface area contributed by atoms with E-state index < -0.39 is 5.54 Å². The van der Waals surface area contributed by atoms with E-state index in [1.54, 1.807) is 13.8 Å². The van der Waals surface area contributed by atoms with Crippen molar-refractivity contribution in [3.63, 3.8) is 0 Å². The Morgan fingerprint density at radius 1 is 1.42 bits per heavy atom. The van der Waals surface area contributed by atoms with Crippen molar-refractivity contribution < 1.29 is 9.53 Å². The van der Waals surface area contributed by atoms with Crippen LogP contribution in [0.1, 0.15) is 31.7 Å². The number of hydrogen-bond acceptors (Lipinski definition) is 6. The van der Waals surface area contributed by atoms with Crippen molar-refractivity contribution in [2.24, 2.45) is 5.73 Å². The number of aromatic nitrogens is 2. The SMILES string of the molecule is CCOC(=O)C(C)(N)CCSc1nc(C)cc(C)n1. The third-order valence-corrected chi connectivity index (χ3v) is 3.41. The Morgan fingerprint density at radius 3 is 2.53 bits per heavy atom. The first-order valence-corrected chi connectivity index (χ1v) is 7.25. The molecule has 6 heteroatoms. The fourth-order valence-electron chi connectivity index (χ4n) is 1.51. The van der Waals surface area contributed by atoms with Gasteiger partial charge in [0.25, 0.3) is 0 Å². The number of ether oxygens (including phenoxy) is 1. The number of rotatable bonds is 6. The van der Waals surface area contributed by atoms with Gasteiger partial charge in [0.1, 0.15) is 5.54 Å². The molecule has 0 aliphatic rings. The quantitative estimate of drug-likeness (QED) is 0.488. The second-order valence-corrected chi connectivity index (χ2v) is 5.73. The Balaban J connectivity index is 2.51. The highest BCUT2D eigenvalue weighted by Crippen LogP contribution is 2.19. The molecule has 1 rings (SSSR count). The van der Waals surface area contributed by atoms with Gasteiger partial charge in [-0.2, -0.15) is 0 Å². The summed E-state index contributed by atoms with van der Waals surface area (Å²) in [5.74, 6) is 0.311. The Bertz CT molecular complexity index is 429. The molecule has 0 radical (unpaired) electrons. The third kappa shape index (κ3) is 5.16. The second kappa shape index (κ2) is 6.86. The molecule has 0 saturated heterocycles. The number of thioether (sulfide) groups is 1. The van der Waals surface area contributed by atoms with E-state index in [-0.39, 0.29) is 5.97 Å². The molecule has 0 bridgehead atoms. The highest BCUT2D eigenvalue weighted by atomic mass is 32.2. The Morgan fingerprint density at radius 2 is 2.00 bits per heavy atom. The van der Waals surface area contributed by atoms with E-state index in [1.165, 1.54) is 11.8 Å². The summed E-state index contributed by atoms with van der Waals surface area (Å²) in [7, 11) is 0. The van der Waals surface area contributed by atoms with Crippen molar-refractivity contribution in [2.75, 3.05) is 12.4 Å². The van der Waals surface area contributed by atoms with Gasteiger partial charge in [-0.15, -0.1) is 0 Å². The molecule has 5 nitrogen and oxygen atoms in total. The lowest BCUT2D eigenvalue weighted by atomic mass is 10.0. The maximum Gasteiger partial charge on any atom is 0.325 e. The number of aryl methyl sites for hydroxylation is 2. The summed E-state index contributed by atoms with van der Waals surface area (Å²) in [6.07, 6.45) is 0.521. The Hall–Kier alpha value is -1.14. The standard InChI is InChI=1S/C13H21N3O2S/c1-5-18-11(17)13(4,14)6-7-19-12-15-9(2)8-10(3)16-12/h8H,5-7,14H2,1-4H3. The third-order valence-electron chi connectivity index (χ3n) is 2.56. The molecule has 1 aromatic heterocycles. The van der Waals surface area contributed by atoms with E-state index in [9.17, 15) is 4.79 Å². The number of esters is 1. The van der Waals surface area contributed by atoms with E-state index in [0.717, 1.165) is 16.5 Å². The van der Waals surface area contributed by atoms with Gasteiger partial charge in [-0.25, -0.2) is 9.97 Å². The van der Waals surface area contributed by atoms with Crippen LogP contribution in [0.25, 0.3) is 0 Å². The van der Waals surface area contributed by atoms with Gasteiger partial charge in [0.15, 0.2) is 5.16 Å². The van der Waals surface area contributed by atoms with Crippen molar-refractivity contribution >= 4 is 17.7 Å². The van der Waals surface area contributed by atoms with Gasteiger partial charge in [-0.3, -0.25) is 4.79 Å². The van der Waals surface area contributed by atoms with Gasteiger partial charge in [-0.1, -0.05) is 11.8 Å². The lowest BCUT2D eigenvalue weighted by Gasteiger charge is -2.21. The van der Waals surface area contributed by atoms with Crippen LogP contribution in [0, 0.1) is 13.8 Å². The van der Waals surface area contributed by atoms with Gasteiger partial charge in [-0.05, 0) is 40.2 Å². The second-order valence-electron chi connectivity index (χ2n) is 4.67. The summed E-state index contributed by atoms with van der Waals surface area (Å²) in [6, 6.07) is 1.93. The first-order valence-electron chi connectivity index (χ1n) is 6.26. The van der Waals surface area contributed by atoms with E-state index in [4.69, 9.17) is 10.5 Å². The fourth-order valence-corrected chi connectivity index (χ4v) is 2.64. The first-order chi connectivity index (χ1) is 8.85. The highest BCUT2D eigenvalue weighted by molar-refractivity contribution is 7.99. The Labute approximate surface area is 118 Å². The van der Waals surface area contributed by atoms with Crippen LogP contribution in [0.15, 0.2) is 11.2 Å². The molecule has 0 spiro atoms. The van der Waals surface area contributed by atoms with E-state index in [1.807, 2.05) is 19.9 Å². The minimum atomic E-state index is -0.956. The monoisotopic (exact) mass is 283 g/mol. The lowest BCUT2D eigenvalue weighted by Crippen LogP contribution is -2.46. The van der Waals surface area contributed by atoms with E-state index in [0.29, 0.717) is 18.8 Å². The molecule has 0 aromatic carbocycles. The van der Waals surface area contributed by atoms with E-state index in [2.05, 4.69) is 9.97 Å². The predicted molar refractivity (Wildman–Crippen MR) is 76.1 cm³/mol. The van der Waals surface area contributed by atoms with Gasteiger partial charge in [0, 0.05) is 17.1 Å². The number of nitrogens with zero attached hydrogens (tertiary/aromatic N) is 2. The van der Waals surface area contributed by atoms with Gasteiger partial charge < -0.3 is 10.5 Å². The highest BCUT2D eigenvalue weighted by Gasteiger charge is 2.29. The van der Waals surface area contributed by atoms with Gasteiger partial charge >= 0.3 is 5.97 Å². The van der Waals surface area contributed by atoms with Crippen molar-refractivity contribution in [1.82, 2.24) is 9.97 Å². The zero-order valence-corrected chi connectivity index (χ0v) is 12.7. The summed E-state index contributed by atoms with van der Waals surface area (Å²) >= 11 is 1.50. The summed E-state index contributed by atoms with van der Waals surface area (Å²) < 4.78 is 4.94. The van der Waals surface area contributed by atoms with Crippen LogP contribution < -0.4 is 5.73 Å². The zero-order valence-electron chi connectivity index (χ0n) is 11.9. The van der Waals surface area contributed by atoms with Crippen molar-refractivity contribution in [1.29, 1.82) is 0 Å². The average molecular weight is 283 g/mol. The summed E-state index contributed by atoms with van der Waals surface area (Å²) in [5, 5.41) is 0.720. The minimum Gasteiger partial charge on any atom is -0.465 e. The molecule has 0 aliphatic heterocycles. The molecule has 1 heterocycles. The van der Waals surface area contributed by atoms with Crippen LogP contribution in [0.5, 0.6) is 0 Å². The molecule has 0 amide bonds. The molecule has 0 saturated carbocycles. The maximum atomic E-state index is 11.6. The molecule has 0 aliphatic carbocycles. The zero-order chi connectivity index (χ0) is 14.5. The molecule has 106 valence electrons. The number of carbonyl (C=O) groups is 1. The van der Waals surface area contributed by atoms with Gasteiger partial charge in [0.2, 0.25) is 0 Å². The van der Waals surface area contributed by atoms with Crippen molar-refractivity contribution in [3.8, 4) is 0 Å². The van der Waals surface area contributed by atoms with Crippen LogP contribution in [0.3, 0.4) is 0 Å². The summed E-state index contributed by atoms with van der Waals surface area (Å²) in [4.78, 5) is 20.3. The number of nitrogens with two attached hydrogens (primary N) is 1. The fraction of sp³-hybridized carbons (Fsp3) is 0.615. The van der Waals surface area contributed by atoms with Crippen LogP contribution in [0.2, 0.25) is 0 Å². The van der Waals surface area contributed by atoms with Crippen molar-refractivity contribution in [3.05, 3.63) is 17.5 Å². The summed E-state index contributed by atoms with van der Waals surface area (Å²) in [6.45, 7) is 7.67. The average Bonchev–Trinajstić information content (AvgIpc) is 2.27. The predicted octanol–water partition coefficient (Wildman–Crippen LogP) is 1.86. The largest absolute Gasteiger partial charge is 0.465 e. The number of hydrogen-bond donors (Lipinski definition) is 1. The molecular weight excluding hydrogens is 262 g/mol. The maximum absolute atomic E-state index is 11.6. The van der Waals surface area contributed by atoms with Crippen LogP contribution in [0.4, 0.5) is 0 Å². The van der Waals surface area contributed by atoms with Crippen molar-refractivity contribution in [2.45, 2.75) is 44.8 Å². The molecule has 19 heavy (non-hydrogen) atoms. The summed E-state index contributed by atoms with van der Waals surface area (Å²) in [5.41, 5.74) is 6.87. The van der Waals surface area contributed by atoms with Crippen LogP contribution >= 0.6 is 11.8 Å². The molecule has 2 N–H and O–H groups in total. The topological polar surface area (TPSA) is 78.1 Å².